The summed E-state index contributed by atoms with van der Waals surface area (Å²) < 4.78 is 61.9. The molecule has 0 heterocycles. The van der Waals surface area contributed by atoms with Crippen LogP contribution in [0.15, 0.2) is 0 Å². The average Bonchev–Trinajstić information content (AvgIpc) is 3.58. The minimum absolute atomic E-state index is 0.180. The number of carbonyl (C=O) groups excluding carboxylic acids is 14. The quantitative estimate of drug-likeness (QED) is 0.0545. The van der Waals surface area contributed by atoms with Crippen molar-refractivity contribution in [2.45, 2.75) is 107 Å². The predicted molar refractivity (Wildman–Crippen MR) is 309 cm³/mol. The van der Waals surface area contributed by atoms with Crippen molar-refractivity contribution >= 4 is 83.6 Å². The Kier molecular flexibility index (Phi) is 77.1. The fourth-order valence-electron chi connectivity index (χ4n) is 3.79. The van der Waals surface area contributed by atoms with Crippen molar-refractivity contribution in [2.24, 2.45) is 0 Å². The average molecular weight is 1280 g/mol. The SMILES string of the molecule is CCOC(=O)C#CC(=O)OC.CCOC(=O)C#CC(=O)OC.CCOC(=O)C#CC(=O)OC.CCOC(=O)C#CC(=O)OCC.CCOC(=O)C#CC(=O)OCC.CCOC(=O)C#CC(=O)OCCCCCCOC(=O)C#CC(=O)OC.OCCCCCCO. The zero-order valence-corrected chi connectivity index (χ0v) is 52.5. The Bertz CT molecular complexity index is 2430. The van der Waals surface area contributed by atoms with Gasteiger partial charge in [0.2, 0.25) is 0 Å². The van der Waals surface area contributed by atoms with E-state index >= 15 is 0 Å². The maximum absolute atomic E-state index is 11.2. The number of rotatable bonds is 20. The third kappa shape index (κ3) is 86.2. The summed E-state index contributed by atoms with van der Waals surface area (Å²) in [6, 6.07) is 0. The second-order valence-electron chi connectivity index (χ2n) is 14.0. The van der Waals surface area contributed by atoms with E-state index in [0.29, 0.717) is 12.8 Å². The number of esters is 14. The van der Waals surface area contributed by atoms with E-state index in [1.807, 2.05) is 82.9 Å². The van der Waals surface area contributed by atoms with E-state index < -0.39 is 83.6 Å². The van der Waals surface area contributed by atoms with Crippen LogP contribution in [0.25, 0.3) is 0 Å². The molecule has 90 heavy (non-hydrogen) atoms. The predicted octanol–water partition coefficient (Wildman–Crippen LogP) is 0.317. The van der Waals surface area contributed by atoms with Gasteiger partial charge >= 0.3 is 83.6 Å². The molecule has 0 fully saturated rings. The molecule has 0 aromatic carbocycles. The maximum atomic E-state index is 11.2. The lowest BCUT2D eigenvalue weighted by Crippen LogP contribution is -2.06. The second kappa shape index (κ2) is 74.5. The molecule has 30 heteroatoms. The highest BCUT2D eigenvalue weighted by Crippen LogP contribution is 2.01. The summed E-state index contributed by atoms with van der Waals surface area (Å²) in [7, 11) is 4.71. The lowest BCUT2D eigenvalue weighted by molar-refractivity contribution is -0.138. The van der Waals surface area contributed by atoms with Gasteiger partial charge in [-0.05, 0) is 93.9 Å². The topological polar surface area (TPSA) is 409 Å². The summed E-state index contributed by atoms with van der Waals surface area (Å²) in [4.78, 5) is 148. The van der Waals surface area contributed by atoms with Crippen molar-refractivity contribution in [1.29, 1.82) is 0 Å². The van der Waals surface area contributed by atoms with Gasteiger partial charge in [-0.1, -0.05) is 12.8 Å². The highest BCUT2D eigenvalue weighted by molar-refractivity contribution is 6.01. The molecule has 0 aliphatic rings. The Balaban J connectivity index is -0.000000185. The molecular formula is C60H78O30. The van der Waals surface area contributed by atoms with E-state index in [9.17, 15) is 67.1 Å². The molecule has 0 radical (unpaired) electrons. The van der Waals surface area contributed by atoms with Gasteiger partial charge in [-0.3, -0.25) is 0 Å². The summed E-state index contributed by atoms with van der Waals surface area (Å²) in [5, 5.41) is 16.6. The first-order valence-electron chi connectivity index (χ1n) is 26.8. The highest BCUT2D eigenvalue weighted by atomic mass is 16.6. The number of aliphatic hydroxyl groups excluding tert-OH is 2. The van der Waals surface area contributed by atoms with Gasteiger partial charge in [-0.15, -0.1) is 0 Å². The van der Waals surface area contributed by atoms with Crippen LogP contribution in [-0.2, 0) is 133 Å². The van der Waals surface area contributed by atoms with Gasteiger partial charge in [0.1, 0.15) is 0 Å². The van der Waals surface area contributed by atoms with Crippen LogP contribution in [0.4, 0.5) is 0 Å². The summed E-state index contributed by atoms with van der Waals surface area (Å²) in [5.74, 6) is 17.1. The summed E-state index contributed by atoms with van der Waals surface area (Å²) >= 11 is 0. The first-order chi connectivity index (χ1) is 42.9. The zero-order valence-electron chi connectivity index (χ0n) is 52.5. The van der Waals surface area contributed by atoms with Gasteiger partial charge < -0.3 is 76.5 Å². The van der Waals surface area contributed by atoms with Crippen LogP contribution in [0.1, 0.15) is 107 Å². The number of ether oxygens (including phenoxy) is 14. The molecule has 2 N–H and O–H groups in total. The standard InChI is InChI=1S/C17H20O8.2C8H10O4.3C7H8O4.C6H14O2/c1-3-23-15(19)10-11-17(21)25-13-7-5-4-6-12-24-16(20)9-8-14(18)22-2;2*1-3-11-7(9)5-6-8(10)12-4-2;3*1-3-11-7(9)5-4-6(8)10-2;7-5-3-1-2-4-6-8/h3-7,12-13H2,1-2H3;2*3-4H2,1-2H3;3*3H2,1-2H3;7-8H,1-6H2. The van der Waals surface area contributed by atoms with E-state index in [-0.39, 0.29) is 79.3 Å². The van der Waals surface area contributed by atoms with Gasteiger partial charge in [0, 0.05) is 96.1 Å². The molecular weight excluding hydrogens is 1200 g/mol. The lowest BCUT2D eigenvalue weighted by Gasteiger charge is -2.02. The smallest absolute Gasteiger partial charge is 0.384 e. The first kappa shape index (κ1) is 93.1. The molecule has 0 aromatic rings. The molecule has 0 atom stereocenters. The normalized spacial score (nSPS) is 8.11. The number of hydrogen-bond donors (Lipinski definition) is 2. The molecule has 0 unspecified atom stereocenters. The van der Waals surface area contributed by atoms with Gasteiger partial charge in [0.25, 0.3) is 0 Å². The first-order valence-corrected chi connectivity index (χ1v) is 26.8. The monoisotopic (exact) mass is 1280 g/mol. The third-order valence-electron chi connectivity index (χ3n) is 7.38. The molecule has 0 bridgehead atoms. The summed E-state index contributed by atoms with van der Waals surface area (Å²) in [6.45, 7) is 16.0. The Morgan fingerprint density at radius 1 is 0.211 bits per heavy atom. The Morgan fingerprint density at radius 2 is 0.344 bits per heavy atom. The van der Waals surface area contributed by atoms with Crippen LogP contribution in [0, 0.1) is 82.9 Å². The number of methoxy groups -OCH3 is 4. The fraction of sp³-hybridized carbons (Fsp3) is 0.533. The molecule has 0 amide bonds. The Labute approximate surface area is 523 Å². The van der Waals surface area contributed by atoms with Crippen molar-refractivity contribution in [1.82, 2.24) is 0 Å². The second-order valence-corrected chi connectivity index (χ2v) is 14.0. The molecule has 0 saturated heterocycles. The molecule has 0 aromatic heterocycles. The van der Waals surface area contributed by atoms with Crippen LogP contribution in [0.5, 0.6) is 0 Å². The Hall–Kier alpha value is -10.6. The van der Waals surface area contributed by atoms with Crippen molar-refractivity contribution in [3.05, 3.63) is 0 Å². The molecule has 30 nitrogen and oxygen atoms in total. The largest absolute Gasteiger partial charge is 0.459 e. The van der Waals surface area contributed by atoms with Gasteiger partial charge in [0.05, 0.1) is 94.5 Å². The van der Waals surface area contributed by atoms with Gasteiger partial charge in [-0.2, -0.15) is 0 Å². The molecule has 0 aliphatic heterocycles. The van der Waals surface area contributed by atoms with Crippen molar-refractivity contribution in [2.75, 3.05) is 108 Å². The van der Waals surface area contributed by atoms with E-state index in [1.54, 1.807) is 55.4 Å². The number of aliphatic hydroxyl groups is 2. The minimum Gasteiger partial charge on any atom is -0.459 e. The van der Waals surface area contributed by atoms with E-state index in [1.165, 1.54) is 21.3 Å². The zero-order chi connectivity index (χ0) is 70.0. The lowest BCUT2D eigenvalue weighted by atomic mass is 10.2. The van der Waals surface area contributed by atoms with Crippen LogP contribution >= 0.6 is 0 Å². The van der Waals surface area contributed by atoms with E-state index in [4.69, 9.17) is 19.7 Å². The van der Waals surface area contributed by atoms with Gasteiger partial charge in [-0.25, -0.2) is 67.1 Å². The van der Waals surface area contributed by atoms with Gasteiger partial charge in [0.15, 0.2) is 0 Å². The van der Waals surface area contributed by atoms with Crippen molar-refractivity contribution in [3.8, 4) is 82.9 Å². The minimum atomic E-state index is -0.807. The van der Waals surface area contributed by atoms with Crippen LogP contribution < -0.4 is 0 Å². The molecule has 498 valence electrons. The number of unbranched alkanes of at least 4 members (excludes halogenated alkanes) is 6. The fourth-order valence-corrected chi connectivity index (χ4v) is 3.79. The number of hydrogen-bond acceptors (Lipinski definition) is 30. The van der Waals surface area contributed by atoms with E-state index in [0.717, 1.165) is 45.6 Å². The summed E-state index contributed by atoms with van der Waals surface area (Å²) in [5.41, 5.74) is 0. The van der Waals surface area contributed by atoms with E-state index in [2.05, 4.69) is 56.8 Å². The van der Waals surface area contributed by atoms with Crippen molar-refractivity contribution in [3.63, 3.8) is 0 Å². The van der Waals surface area contributed by atoms with Crippen LogP contribution in [-0.4, -0.2) is 202 Å². The maximum Gasteiger partial charge on any atom is 0.384 e. The summed E-state index contributed by atoms with van der Waals surface area (Å²) in [6.07, 6.45) is 6.56. The number of carbonyl (C=O) groups is 14. The van der Waals surface area contributed by atoms with Crippen molar-refractivity contribution < 1.29 is 144 Å². The molecule has 0 rings (SSSR count). The molecule has 0 spiro atoms. The molecule has 0 aliphatic carbocycles. The Morgan fingerprint density at radius 3 is 0.478 bits per heavy atom. The molecule has 0 saturated carbocycles. The third-order valence-corrected chi connectivity index (χ3v) is 7.38. The van der Waals surface area contributed by atoms with Crippen LogP contribution in [0.2, 0.25) is 0 Å². The highest BCUT2D eigenvalue weighted by Gasteiger charge is 2.03. The van der Waals surface area contributed by atoms with Crippen LogP contribution in [0.3, 0.4) is 0 Å².